The van der Waals surface area contributed by atoms with Crippen molar-refractivity contribution in [3.05, 3.63) is 53.6 Å². The summed E-state index contributed by atoms with van der Waals surface area (Å²) in [4.78, 5) is 12.7. The van der Waals surface area contributed by atoms with Crippen molar-refractivity contribution in [2.45, 2.75) is 12.2 Å². The molecule has 0 aliphatic carbocycles. The van der Waals surface area contributed by atoms with Crippen molar-refractivity contribution >= 4 is 5.78 Å². The van der Waals surface area contributed by atoms with Crippen LogP contribution in [0.5, 0.6) is 17.2 Å². The van der Waals surface area contributed by atoms with E-state index < -0.39 is 12.2 Å². The Hall–Kier alpha value is -2.53. The number of Topliss-reactive ketones (excluding diaryl/α,β-unsaturated/α-hetero) is 1. The molecule has 2 atom stereocenters. The molecule has 0 saturated carbocycles. The van der Waals surface area contributed by atoms with E-state index in [1.54, 1.807) is 32.4 Å². The van der Waals surface area contributed by atoms with E-state index in [-0.39, 0.29) is 5.78 Å². The molecule has 0 bridgehead atoms. The van der Waals surface area contributed by atoms with E-state index in [0.717, 1.165) is 5.56 Å². The number of rotatable bonds is 4. The van der Waals surface area contributed by atoms with E-state index in [1.165, 1.54) is 7.11 Å². The van der Waals surface area contributed by atoms with Gasteiger partial charge < -0.3 is 18.9 Å². The molecule has 1 aliphatic rings. The lowest BCUT2D eigenvalue weighted by Gasteiger charge is -2.32. The fourth-order valence-electron chi connectivity index (χ4n) is 2.71. The summed E-state index contributed by atoms with van der Waals surface area (Å²) in [6.07, 6.45) is -1.25. The molecular weight excluding hydrogens is 296 g/mol. The molecule has 1 aliphatic heterocycles. The molecule has 0 fully saturated rings. The van der Waals surface area contributed by atoms with E-state index in [0.29, 0.717) is 22.8 Å². The van der Waals surface area contributed by atoms with E-state index in [1.807, 2.05) is 24.3 Å². The maximum atomic E-state index is 12.7. The molecule has 120 valence electrons. The van der Waals surface area contributed by atoms with Crippen LogP contribution < -0.4 is 14.2 Å². The van der Waals surface area contributed by atoms with Gasteiger partial charge in [-0.2, -0.15) is 0 Å². The zero-order valence-corrected chi connectivity index (χ0v) is 13.2. The quantitative estimate of drug-likeness (QED) is 0.868. The van der Waals surface area contributed by atoms with Gasteiger partial charge in [-0.15, -0.1) is 0 Å². The zero-order chi connectivity index (χ0) is 16.4. The summed E-state index contributed by atoms with van der Waals surface area (Å²) in [5.74, 6) is 1.72. The third-order valence-electron chi connectivity index (χ3n) is 3.92. The second kappa shape index (κ2) is 6.30. The highest BCUT2D eigenvalue weighted by atomic mass is 16.5. The summed E-state index contributed by atoms with van der Waals surface area (Å²) in [5, 5.41) is 0. The van der Waals surface area contributed by atoms with Crippen molar-refractivity contribution in [1.29, 1.82) is 0 Å². The highest BCUT2D eigenvalue weighted by Crippen LogP contribution is 2.38. The first-order chi connectivity index (χ1) is 11.2. The molecule has 23 heavy (non-hydrogen) atoms. The van der Waals surface area contributed by atoms with Gasteiger partial charge in [0.15, 0.2) is 18.0 Å². The van der Waals surface area contributed by atoms with Crippen LogP contribution in [0, 0.1) is 0 Å². The predicted molar refractivity (Wildman–Crippen MR) is 84.5 cm³/mol. The van der Waals surface area contributed by atoms with Crippen LogP contribution in [0.4, 0.5) is 0 Å². The van der Waals surface area contributed by atoms with Gasteiger partial charge in [0.25, 0.3) is 0 Å². The fourth-order valence-corrected chi connectivity index (χ4v) is 2.71. The molecule has 0 spiro atoms. The number of carbonyl (C=O) groups is 1. The normalized spacial score (nSPS) is 19.7. The summed E-state index contributed by atoms with van der Waals surface area (Å²) < 4.78 is 21.9. The monoisotopic (exact) mass is 314 g/mol. The van der Waals surface area contributed by atoms with Gasteiger partial charge in [-0.05, 0) is 29.8 Å². The highest BCUT2D eigenvalue weighted by molar-refractivity contribution is 6.03. The third kappa shape index (κ3) is 2.75. The summed E-state index contributed by atoms with van der Waals surface area (Å²) >= 11 is 0. The highest BCUT2D eigenvalue weighted by Gasteiger charge is 2.38. The van der Waals surface area contributed by atoms with Crippen molar-refractivity contribution < 1.29 is 23.7 Å². The summed E-state index contributed by atoms with van der Waals surface area (Å²) in [6, 6.07) is 12.6. The number of hydrogen-bond acceptors (Lipinski definition) is 5. The largest absolute Gasteiger partial charge is 0.497 e. The molecule has 0 saturated heterocycles. The maximum absolute atomic E-state index is 12.7. The number of fused-ring (bicyclic) bond motifs is 1. The van der Waals surface area contributed by atoms with Crippen LogP contribution in [-0.2, 0) is 4.74 Å². The second-order valence-electron chi connectivity index (χ2n) is 5.20. The van der Waals surface area contributed by atoms with Crippen LogP contribution >= 0.6 is 0 Å². The van der Waals surface area contributed by atoms with Gasteiger partial charge >= 0.3 is 0 Å². The van der Waals surface area contributed by atoms with E-state index in [9.17, 15) is 4.79 Å². The first-order valence-corrected chi connectivity index (χ1v) is 7.23. The predicted octanol–water partition coefficient (Wildman–Crippen LogP) is 3.04. The lowest BCUT2D eigenvalue weighted by molar-refractivity contribution is -0.000746. The van der Waals surface area contributed by atoms with Crippen molar-refractivity contribution in [1.82, 2.24) is 0 Å². The lowest BCUT2D eigenvalue weighted by atomic mass is 9.93. The minimum Gasteiger partial charge on any atom is -0.497 e. The first-order valence-electron chi connectivity index (χ1n) is 7.23. The minimum atomic E-state index is -0.706. The summed E-state index contributed by atoms with van der Waals surface area (Å²) in [7, 11) is 4.68. The van der Waals surface area contributed by atoms with Crippen molar-refractivity contribution in [3.8, 4) is 17.2 Å². The Morgan fingerprint density at radius 1 is 0.957 bits per heavy atom. The Balaban J connectivity index is 2.04. The molecule has 5 heteroatoms. The molecule has 0 aromatic heterocycles. The molecule has 0 radical (unpaired) electrons. The average molecular weight is 314 g/mol. The summed E-state index contributed by atoms with van der Waals surface area (Å²) in [6.45, 7) is 0. The number of ether oxygens (including phenoxy) is 4. The number of methoxy groups -OCH3 is 3. The Morgan fingerprint density at radius 3 is 2.39 bits per heavy atom. The molecule has 0 unspecified atom stereocenters. The number of benzene rings is 2. The number of ketones is 1. The van der Waals surface area contributed by atoms with Gasteiger partial charge in [-0.3, -0.25) is 4.79 Å². The fraction of sp³-hybridized carbons (Fsp3) is 0.278. The van der Waals surface area contributed by atoms with Crippen LogP contribution in [0.25, 0.3) is 0 Å². The molecule has 5 nitrogen and oxygen atoms in total. The maximum Gasteiger partial charge on any atom is 0.199 e. The Labute approximate surface area is 134 Å². The molecule has 0 N–H and O–H groups in total. The molecule has 3 rings (SSSR count). The molecule has 2 aromatic carbocycles. The Bertz CT molecular complexity index is 725. The van der Waals surface area contributed by atoms with E-state index in [4.69, 9.17) is 18.9 Å². The third-order valence-corrected chi connectivity index (χ3v) is 3.92. The minimum absolute atomic E-state index is 0.107. The standard InChI is InChI=1S/C18H18O5/c1-20-12-6-4-5-11(9-12)17-18(22-3)16(19)14-8-7-13(21-2)10-15(14)23-17/h4-10,17-18H,1-3H3/t17-,18-/m1/s1. The van der Waals surface area contributed by atoms with Gasteiger partial charge in [-0.25, -0.2) is 0 Å². The smallest absolute Gasteiger partial charge is 0.199 e. The topological polar surface area (TPSA) is 54.0 Å². The van der Waals surface area contributed by atoms with Gasteiger partial charge in [0.05, 0.1) is 19.8 Å². The molecule has 2 aromatic rings. The molecule has 1 heterocycles. The second-order valence-corrected chi connectivity index (χ2v) is 5.20. The SMILES string of the molecule is COc1cccc([C@H]2Oc3cc(OC)ccc3C(=O)[C@H]2OC)c1. The van der Waals surface area contributed by atoms with Gasteiger partial charge in [0.1, 0.15) is 17.2 Å². The van der Waals surface area contributed by atoms with Gasteiger partial charge in [-0.1, -0.05) is 12.1 Å². The lowest BCUT2D eigenvalue weighted by Crippen LogP contribution is -2.37. The van der Waals surface area contributed by atoms with Crippen molar-refractivity contribution in [2.24, 2.45) is 0 Å². The van der Waals surface area contributed by atoms with E-state index >= 15 is 0 Å². The van der Waals surface area contributed by atoms with Crippen molar-refractivity contribution in [3.63, 3.8) is 0 Å². The Kier molecular flexibility index (Phi) is 4.21. The Morgan fingerprint density at radius 2 is 1.70 bits per heavy atom. The van der Waals surface area contributed by atoms with Crippen LogP contribution in [0.15, 0.2) is 42.5 Å². The van der Waals surface area contributed by atoms with Crippen LogP contribution in [-0.4, -0.2) is 33.2 Å². The van der Waals surface area contributed by atoms with Gasteiger partial charge in [0, 0.05) is 13.2 Å². The van der Waals surface area contributed by atoms with E-state index in [2.05, 4.69) is 0 Å². The number of hydrogen-bond donors (Lipinski definition) is 0. The summed E-state index contributed by atoms with van der Waals surface area (Å²) in [5.41, 5.74) is 1.31. The van der Waals surface area contributed by atoms with Crippen LogP contribution in [0.3, 0.4) is 0 Å². The van der Waals surface area contributed by atoms with Crippen LogP contribution in [0.2, 0.25) is 0 Å². The first kappa shape index (κ1) is 15.4. The zero-order valence-electron chi connectivity index (χ0n) is 13.2. The number of carbonyl (C=O) groups excluding carboxylic acids is 1. The van der Waals surface area contributed by atoms with Gasteiger partial charge in [0.2, 0.25) is 0 Å². The molecular formula is C18H18O5. The molecule has 0 amide bonds. The van der Waals surface area contributed by atoms with Crippen LogP contribution in [0.1, 0.15) is 22.0 Å². The average Bonchev–Trinajstić information content (AvgIpc) is 2.61. The van der Waals surface area contributed by atoms with Crippen molar-refractivity contribution in [2.75, 3.05) is 21.3 Å².